The van der Waals surface area contributed by atoms with E-state index in [-0.39, 0.29) is 19.5 Å². The zero-order valence-electron chi connectivity index (χ0n) is 14.6. The fraction of sp³-hybridized carbons (Fsp3) is 0.500. The molecule has 2 N–H and O–H groups in total. The van der Waals surface area contributed by atoms with Gasteiger partial charge in [-0.1, -0.05) is 26.7 Å². The van der Waals surface area contributed by atoms with E-state index in [0.29, 0.717) is 13.2 Å². The summed E-state index contributed by atoms with van der Waals surface area (Å²) in [6.45, 7) is 4.64. The van der Waals surface area contributed by atoms with E-state index in [9.17, 15) is 19.2 Å². The summed E-state index contributed by atoms with van der Waals surface area (Å²) in [5, 5.41) is 16.3. The molecule has 0 spiro atoms. The van der Waals surface area contributed by atoms with Crippen LogP contribution in [0.4, 0.5) is 0 Å². The maximum atomic E-state index is 10.6. The Morgan fingerprint density at radius 1 is 0.720 bits per heavy atom. The Hall–Kier alpha value is -2.02. The Balaban J connectivity index is -0.000000372. The molecule has 9 heteroatoms. The van der Waals surface area contributed by atoms with E-state index in [4.69, 9.17) is 10.2 Å². The van der Waals surface area contributed by atoms with Crippen LogP contribution in [0.2, 0.25) is 0 Å². The SMILES string of the molecule is CCCCOC(=O)/C=C\C(=O)O.CCCCOC(=O)/C=C\C(=O)O.[Zn]. The van der Waals surface area contributed by atoms with E-state index in [1.165, 1.54) is 0 Å². The number of carbonyl (C=O) groups excluding carboxylic acids is 2. The molecular formula is C16H24O8Zn. The first-order valence-electron chi connectivity index (χ1n) is 7.48. The van der Waals surface area contributed by atoms with E-state index < -0.39 is 23.9 Å². The number of unbranched alkanes of at least 4 members (excludes halogenated alkanes) is 2. The number of carboxylic acids is 2. The van der Waals surface area contributed by atoms with Crippen LogP contribution in [0.1, 0.15) is 39.5 Å². The van der Waals surface area contributed by atoms with Crippen molar-refractivity contribution in [3.05, 3.63) is 24.3 Å². The van der Waals surface area contributed by atoms with Gasteiger partial charge < -0.3 is 19.7 Å². The third kappa shape index (κ3) is 27.1. The summed E-state index contributed by atoms with van der Waals surface area (Å²) in [5.41, 5.74) is 0. The molecule has 0 aliphatic carbocycles. The number of esters is 2. The average molecular weight is 410 g/mol. The molecule has 0 fully saturated rings. The molecule has 0 aromatic carbocycles. The smallest absolute Gasteiger partial charge is 0.331 e. The van der Waals surface area contributed by atoms with Crippen molar-refractivity contribution in [1.29, 1.82) is 0 Å². The fourth-order valence-corrected chi connectivity index (χ4v) is 1.01. The van der Waals surface area contributed by atoms with E-state index in [2.05, 4.69) is 9.47 Å². The third-order valence-electron chi connectivity index (χ3n) is 2.21. The molecule has 0 rings (SSSR count). The van der Waals surface area contributed by atoms with Crippen molar-refractivity contribution in [2.45, 2.75) is 39.5 Å². The van der Waals surface area contributed by atoms with Crippen LogP contribution in [0, 0.1) is 0 Å². The number of hydrogen-bond donors (Lipinski definition) is 2. The van der Waals surface area contributed by atoms with E-state index in [1.54, 1.807) is 0 Å². The van der Waals surface area contributed by atoms with Crippen LogP contribution in [0.25, 0.3) is 0 Å². The molecule has 0 heterocycles. The molecule has 0 aromatic heterocycles. The summed E-state index contributed by atoms with van der Waals surface area (Å²) in [4.78, 5) is 41.2. The molecule has 0 bridgehead atoms. The molecule has 0 unspecified atom stereocenters. The maximum Gasteiger partial charge on any atom is 0.331 e. The monoisotopic (exact) mass is 408 g/mol. The maximum absolute atomic E-state index is 10.6. The van der Waals surface area contributed by atoms with Gasteiger partial charge in [-0.15, -0.1) is 0 Å². The molecule has 0 aliphatic heterocycles. The van der Waals surface area contributed by atoms with Gasteiger partial charge in [0.2, 0.25) is 0 Å². The first-order valence-corrected chi connectivity index (χ1v) is 7.48. The van der Waals surface area contributed by atoms with Crippen LogP contribution >= 0.6 is 0 Å². The van der Waals surface area contributed by atoms with Crippen LogP contribution in [-0.2, 0) is 48.1 Å². The molecular weight excluding hydrogens is 386 g/mol. The molecule has 138 valence electrons. The van der Waals surface area contributed by atoms with Gasteiger partial charge in [0.05, 0.1) is 13.2 Å². The van der Waals surface area contributed by atoms with Crippen molar-refractivity contribution in [3.63, 3.8) is 0 Å². The first-order chi connectivity index (χ1) is 11.3. The second-order valence-electron chi connectivity index (χ2n) is 4.39. The van der Waals surface area contributed by atoms with Crippen LogP contribution in [-0.4, -0.2) is 47.3 Å². The van der Waals surface area contributed by atoms with Crippen molar-refractivity contribution in [1.82, 2.24) is 0 Å². The predicted molar refractivity (Wildman–Crippen MR) is 85.3 cm³/mol. The third-order valence-corrected chi connectivity index (χ3v) is 2.21. The van der Waals surface area contributed by atoms with E-state index in [1.807, 2.05) is 13.8 Å². The van der Waals surface area contributed by atoms with Gasteiger partial charge in [-0.05, 0) is 12.8 Å². The van der Waals surface area contributed by atoms with Gasteiger partial charge in [-0.25, -0.2) is 19.2 Å². The molecule has 0 atom stereocenters. The summed E-state index contributed by atoms with van der Waals surface area (Å²) in [5.74, 6) is -3.51. The van der Waals surface area contributed by atoms with Crippen molar-refractivity contribution >= 4 is 23.9 Å². The van der Waals surface area contributed by atoms with Crippen molar-refractivity contribution < 1.29 is 58.3 Å². The molecule has 0 aromatic rings. The van der Waals surface area contributed by atoms with Crippen LogP contribution in [0.15, 0.2) is 24.3 Å². The first kappa shape index (κ1) is 27.8. The number of carboxylic acid groups (broad SMARTS) is 2. The molecule has 25 heavy (non-hydrogen) atoms. The predicted octanol–water partition coefficient (Wildman–Crippen LogP) is 1.94. The minimum Gasteiger partial charge on any atom is -0.478 e. The second-order valence-corrected chi connectivity index (χ2v) is 4.39. The van der Waals surface area contributed by atoms with E-state index in [0.717, 1.165) is 50.0 Å². The molecule has 0 radical (unpaired) electrons. The van der Waals surface area contributed by atoms with Gasteiger partial charge in [-0.3, -0.25) is 0 Å². The Labute approximate surface area is 159 Å². The Bertz CT molecular complexity index is 415. The van der Waals surface area contributed by atoms with E-state index >= 15 is 0 Å². The number of aliphatic carboxylic acids is 2. The largest absolute Gasteiger partial charge is 0.478 e. The average Bonchev–Trinajstić information content (AvgIpc) is 2.52. The van der Waals surface area contributed by atoms with Gasteiger partial charge in [0.15, 0.2) is 0 Å². The number of hydrogen-bond acceptors (Lipinski definition) is 6. The summed E-state index contributed by atoms with van der Waals surface area (Å²) in [7, 11) is 0. The summed E-state index contributed by atoms with van der Waals surface area (Å²) in [6.07, 6.45) is 6.80. The van der Waals surface area contributed by atoms with Crippen LogP contribution in [0.3, 0.4) is 0 Å². The minimum atomic E-state index is -1.15. The number of carbonyl (C=O) groups is 4. The summed E-state index contributed by atoms with van der Waals surface area (Å²) in [6, 6.07) is 0. The second kappa shape index (κ2) is 20.0. The standard InChI is InChI=1S/2C8H12O4.Zn/c2*1-2-3-6-12-8(11)5-4-7(9)10;/h2*4-5H,2-3,6H2,1H3,(H,9,10);/b2*5-4-;. The zero-order valence-corrected chi connectivity index (χ0v) is 17.6. The van der Waals surface area contributed by atoms with Gasteiger partial charge in [0, 0.05) is 43.8 Å². The Morgan fingerprint density at radius 3 is 1.28 bits per heavy atom. The Morgan fingerprint density at radius 2 is 1.04 bits per heavy atom. The minimum absolute atomic E-state index is 0. The topological polar surface area (TPSA) is 127 Å². The normalized spacial score (nSPS) is 9.68. The van der Waals surface area contributed by atoms with Crippen molar-refractivity contribution in [3.8, 4) is 0 Å². The van der Waals surface area contributed by atoms with Crippen LogP contribution < -0.4 is 0 Å². The molecule has 0 amide bonds. The Kier molecular flexibility index (Phi) is 22.3. The van der Waals surface area contributed by atoms with Crippen molar-refractivity contribution in [2.75, 3.05) is 13.2 Å². The van der Waals surface area contributed by atoms with Crippen molar-refractivity contribution in [2.24, 2.45) is 0 Å². The molecule has 0 saturated carbocycles. The van der Waals surface area contributed by atoms with Gasteiger partial charge in [0.1, 0.15) is 0 Å². The van der Waals surface area contributed by atoms with Gasteiger partial charge >= 0.3 is 23.9 Å². The molecule has 0 saturated heterocycles. The molecule has 0 aliphatic rings. The number of rotatable bonds is 10. The van der Waals surface area contributed by atoms with Gasteiger partial charge in [0.25, 0.3) is 0 Å². The quantitative estimate of drug-likeness (QED) is 0.242. The number of ether oxygens (including phenoxy) is 2. The fourth-order valence-electron chi connectivity index (χ4n) is 1.01. The summed E-state index contributed by atoms with van der Waals surface area (Å²) >= 11 is 0. The van der Waals surface area contributed by atoms with Gasteiger partial charge in [-0.2, -0.15) is 0 Å². The molecule has 8 nitrogen and oxygen atoms in total. The van der Waals surface area contributed by atoms with Crippen LogP contribution in [0.5, 0.6) is 0 Å². The zero-order chi connectivity index (χ0) is 18.8. The summed E-state index contributed by atoms with van der Waals surface area (Å²) < 4.78 is 9.29.